The standard InChI is InChI=1S/C18H20O5/c1-4-23-18(20)13-7-10-15(16(11-13)22-3)17(19)12-5-8-14(21-2)9-6-12/h5-11,17,19H,4H2,1-3H3. The zero-order chi connectivity index (χ0) is 16.8. The molecule has 5 nitrogen and oxygen atoms in total. The maximum absolute atomic E-state index is 11.8. The molecule has 1 atom stereocenters. The van der Waals surface area contributed by atoms with Crippen molar-refractivity contribution in [2.45, 2.75) is 13.0 Å². The number of ether oxygens (including phenoxy) is 3. The summed E-state index contributed by atoms with van der Waals surface area (Å²) in [4.78, 5) is 11.8. The van der Waals surface area contributed by atoms with Crippen LogP contribution in [0.15, 0.2) is 42.5 Å². The summed E-state index contributed by atoms with van der Waals surface area (Å²) >= 11 is 0. The maximum Gasteiger partial charge on any atom is 0.338 e. The summed E-state index contributed by atoms with van der Waals surface area (Å²) in [5, 5.41) is 10.6. The minimum atomic E-state index is -0.868. The van der Waals surface area contributed by atoms with Crippen LogP contribution < -0.4 is 9.47 Å². The Morgan fingerprint density at radius 1 is 1.09 bits per heavy atom. The Morgan fingerprint density at radius 3 is 2.35 bits per heavy atom. The van der Waals surface area contributed by atoms with Crippen LogP contribution in [0.5, 0.6) is 11.5 Å². The fourth-order valence-corrected chi connectivity index (χ4v) is 2.24. The van der Waals surface area contributed by atoms with Crippen molar-refractivity contribution >= 4 is 5.97 Å². The first-order valence-electron chi connectivity index (χ1n) is 7.27. The Bertz CT molecular complexity index is 664. The first-order valence-corrected chi connectivity index (χ1v) is 7.27. The number of carbonyl (C=O) groups is 1. The van der Waals surface area contributed by atoms with Crippen LogP contribution in [0.3, 0.4) is 0 Å². The molecule has 0 aliphatic heterocycles. The molecular formula is C18H20O5. The summed E-state index contributed by atoms with van der Waals surface area (Å²) in [6.07, 6.45) is -0.868. The highest BCUT2D eigenvalue weighted by atomic mass is 16.5. The van der Waals surface area contributed by atoms with Crippen LogP contribution in [-0.4, -0.2) is 31.9 Å². The van der Waals surface area contributed by atoms with Crippen molar-refractivity contribution < 1.29 is 24.1 Å². The molecule has 0 amide bonds. The van der Waals surface area contributed by atoms with E-state index in [2.05, 4.69) is 0 Å². The van der Waals surface area contributed by atoms with Gasteiger partial charge in [0.2, 0.25) is 0 Å². The second kappa shape index (κ2) is 7.65. The number of hydrogen-bond acceptors (Lipinski definition) is 5. The summed E-state index contributed by atoms with van der Waals surface area (Å²) < 4.78 is 15.4. The fourth-order valence-electron chi connectivity index (χ4n) is 2.24. The normalized spacial score (nSPS) is 11.7. The van der Waals surface area contributed by atoms with Gasteiger partial charge < -0.3 is 19.3 Å². The summed E-state index contributed by atoms with van der Waals surface area (Å²) in [6.45, 7) is 2.05. The lowest BCUT2D eigenvalue weighted by Gasteiger charge is -2.16. The molecule has 2 rings (SSSR count). The molecule has 0 fully saturated rings. The number of aliphatic hydroxyl groups is 1. The predicted molar refractivity (Wildman–Crippen MR) is 86.0 cm³/mol. The number of carbonyl (C=O) groups excluding carboxylic acids is 1. The summed E-state index contributed by atoms with van der Waals surface area (Å²) in [7, 11) is 3.08. The number of rotatable bonds is 6. The van der Waals surface area contributed by atoms with Crippen LogP contribution in [0.25, 0.3) is 0 Å². The molecule has 0 saturated heterocycles. The topological polar surface area (TPSA) is 65.0 Å². The Balaban J connectivity index is 2.31. The summed E-state index contributed by atoms with van der Waals surface area (Å²) in [5.41, 5.74) is 1.66. The lowest BCUT2D eigenvalue weighted by atomic mass is 9.99. The van der Waals surface area contributed by atoms with Crippen molar-refractivity contribution in [2.24, 2.45) is 0 Å². The first-order chi connectivity index (χ1) is 11.1. The number of benzene rings is 2. The molecule has 23 heavy (non-hydrogen) atoms. The molecule has 0 bridgehead atoms. The third-order valence-corrected chi connectivity index (χ3v) is 3.47. The van der Waals surface area contributed by atoms with Crippen molar-refractivity contribution in [2.75, 3.05) is 20.8 Å². The van der Waals surface area contributed by atoms with E-state index in [4.69, 9.17) is 14.2 Å². The van der Waals surface area contributed by atoms with E-state index >= 15 is 0 Å². The molecule has 1 N–H and O–H groups in total. The molecule has 0 aliphatic rings. The molecule has 0 aliphatic carbocycles. The predicted octanol–water partition coefficient (Wildman–Crippen LogP) is 2.96. The summed E-state index contributed by atoms with van der Waals surface area (Å²) in [5.74, 6) is 0.723. The van der Waals surface area contributed by atoms with E-state index in [1.165, 1.54) is 7.11 Å². The van der Waals surface area contributed by atoms with Gasteiger partial charge in [-0.3, -0.25) is 0 Å². The minimum absolute atomic E-state index is 0.303. The second-order valence-electron chi connectivity index (χ2n) is 4.85. The molecule has 0 heterocycles. The van der Waals surface area contributed by atoms with Gasteiger partial charge in [0.25, 0.3) is 0 Å². The van der Waals surface area contributed by atoms with Crippen LogP contribution in [0.2, 0.25) is 0 Å². The zero-order valence-corrected chi connectivity index (χ0v) is 13.4. The number of methoxy groups -OCH3 is 2. The monoisotopic (exact) mass is 316 g/mol. The van der Waals surface area contributed by atoms with Crippen LogP contribution in [0.4, 0.5) is 0 Å². The third-order valence-electron chi connectivity index (χ3n) is 3.47. The van der Waals surface area contributed by atoms with Crippen LogP contribution in [0.1, 0.15) is 34.5 Å². The molecule has 0 saturated carbocycles. The molecule has 122 valence electrons. The highest BCUT2D eigenvalue weighted by molar-refractivity contribution is 5.90. The van der Waals surface area contributed by atoms with Gasteiger partial charge in [-0.15, -0.1) is 0 Å². The average Bonchev–Trinajstić information content (AvgIpc) is 2.60. The van der Waals surface area contributed by atoms with Gasteiger partial charge in [-0.05, 0) is 36.8 Å². The van der Waals surface area contributed by atoms with Gasteiger partial charge in [-0.25, -0.2) is 4.79 Å². The van der Waals surface area contributed by atoms with Crippen LogP contribution in [-0.2, 0) is 4.74 Å². The molecular weight excluding hydrogens is 296 g/mol. The molecule has 5 heteroatoms. The van der Waals surface area contributed by atoms with Gasteiger partial charge in [0.15, 0.2) is 0 Å². The fraction of sp³-hybridized carbons (Fsp3) is 0.278. The van der Waals surface area contributed by atoms with E-state index in [1.807, 2.05) is 0 Å². The first kappa shape index (κ1) is 16.8. The van der Waals surface area contributed by atoms with E-state index in [-0.39, 0.29) is 0 Å². The largest absolute Gasteiger partial charge is 0.497 e. The Labute approximate surface area is 135 Å². The van der Waals surface area contributed by atoms with Gasteiger partial charge in [-0.2, -0.15) is 0 Å². The van der Waals surface area contributed by atoms with Gasteiger partial charge in [0, 0.05) is 5.56 Å². The molecule has 0 radical (unpaired) electrons. The quantitative estimate of drug-likeness (QED) is 0.830. The maximum atomic E-state index is 11.8. The van der Waals surface area contributed by atoms with E-state index in [0.29, 0.717) is 34.8 Å². The van der Waals surface area contributed by atoms with Crippen molar-refractivity contribution in [1.29, 1.82) is 0 Å². The van der Waals surface area contributed by atoms with Gasteiger partial charge in [0.1, 0.15) is 17.6 Å². The molecule has 1 unspecified atom stereocenters. The lowest BCUT2D eigenvalue weighted by molar-refractivity contribution is 0.0525. The van der Waals surface area contributed by atoms with Gasteiger partial charge in [-0.1, -0.05) is 18.2 Å². The molecule has 0 spiro atoms. The van der Waals surface area contributed by atoms with E-state index < -0.39 is 12.1 Å². The van der Waals surface area contributed by atoms with Crippen molar-refractivity contribution in [3.05, 3.63) is 59.2 Å². The van der Waals surface area contributed by atoms with Crippen molar-refractivity contribution in [3.8, 4) is 11.5 Å². The molecule has 2 aromatic rings. The highest BCUT2D eigenvalue weighted by Gasteiger charge is 2.18. The Kier molecular flexibility index (Phi) is 5.60. The number of aliphatic hydroxyl groups excluding tert-OH is 1. The lowest BCUT2D eigenvalue weighted by Crippen LogP contribution is -2.07. The molecule has 2 aromatic carbocycles. The van der Waals surface area contributed by atoms with E-state index in [1.54, 1.807) is 56.5 Å². The van der Waals surface area contributed by atoms with Gasteiger partial charge >= 0.3 is 5.97 Å². The summed E-state index contributed by atoms with van der Waals surface area (Å²) in [6, 6.07) is 12.0. The van der Waals surface area contributed by atoms with E-state index in [0.717, 1.165) is 0 Å². The SMILES string of the molecule is CCOC(=O)c1ccc(C(O)c2ccc(OC)cc2)c(OC)c1. The number of hydrogen-bond donors (Lipinski definition) is 1. The smallest absolute Gasteiger partial charge is 0.338 e. The second-order valence-corrected chi connectivity index (χ2v) is 4.85. The molecule has 0 aromatic heterocycles. The van der Waals surface area contributed by atoms with Crippen LogP contribution >= 0.6 is 0 Å². The highest BCUT2D eigenvalue weighted by Crippen LogP contribution is 2.31. The van der Waals surface area contributed by atoms with Crippen LogP contribution in [0, 0.1) is 0 Å². The third kappa shape index (κ3) is 3.81. The Morgan fingerprint density at radius 2 is 1.78 bits per heavy atom. The van der Waals surface area contributed by atoms with E-state index in [9.17, 15) is 9.90 Å². The average molecular weight is 316 g/mol. The van der Waals surface area contributed by atoms with Gasteiger partial charge in [0.05, 0.1) is 26.4 Å². The number of esters is 1. The van der Waals surface area contributed by atoms with Crippen molar-refractivity contribution in [3.63, 3.8) is 0 Å². The van der Waals surface area contributed by atoms with Crippen molar-refractivity contribution in [1.82, 2.24) is 0 Å². The zero-order valence-electron chi connectivity index (χ0n) is 13.4. The minimum Gasteiger partial charge on any atom is -0.497 e. The Hall–Kier alpha value is -2.53.